The molecule has 0 radical (unpaired) electrons. The molecule has 0 saturated heterocycles. The minimum absolute atomic E-state index is 0.174. The van der Waals surface area contributed by atoms with Crippen molar-refractivity contribution in [1.82, 2.24) is 0 Å². The van der Waals surface area contributed by atoms with Crippen LogP contribution in [-0.2, 0) is 0 Å². The summed E-state index contributed by atoms with van der Waals surface area (Å²) in [6, 6.07) is 18.4. The van der Waals surface area contributed by atoms with E-state index in [0.717, 1.165) is 11.3 Å². The van der Waals surface area contributed by atoms with Crippen molar-refractivity contribution in [1.29, 1.82) is 0 Å². The van der Waals surface area contributed by atoms with Crippen molar-refractivity contribution < 1.29 is 4.74 Å². The van der Waals surface area contributed by atoms with Crippen LogP contribution in [0.2, 0.25) is 0 Å². The smallest absolute Gasteiger partial charge is 0.119 e. The van der Waals surface area contributed by atoms with E-state index in [4.69, 9.17) is 4.74 Å². The third-order valence-corrected chi connectivity index (χ3v) is 2.92. The van der Waals surface area contributed by atoms with E-state index in [0.29, 0.717) is 6.61 Å². The first kappa shape index (κ1) is 13.3. The zero-order valence-electron chi connectivity index (χ0n) is 11.4. The molecular formula is C17H19NO. The summed E-state index contributed by atoms with van der Waals surface area (Å²) in [6.07, 6.45) is 1.91. The summed E-state index contributed by atoms with van der Waals surface area (Å²) < 4.78 is 5.41. The van der Waals surface area contributed by atoms with Crippen molar-refractivity contribution in [2.75, 3.05) is 6.61 Å². The van der Waals surface area contributed by atoms with E-state index >= 15 is 0 Å². The molecule has 0 aromatic heterocycles. The van der Waals surface area contributed by atoms with Crippen LogP contribution in [0.15, 0.2) is 59.6 Å². The topological polar surface area (TPSA) is 21.6 Å². The average Bonchev–Trinajstić information content (AvgIpc) is 2.47. The van der Waals surface area contributed by atoms with Crippen LogP contribution < -0.4 is 4.74 Å². The molecule has 0 heterocycles. The summed E-state index contributed by atoms with van der Waals surface area (Å²) in [7, 11) is 0. The lowest BCUT2D eigenvalue weighted by Crippen LogP contribution is -1.92. The minimum Gasteiger partial charge on any atom is -0.494 e. The van der Waals surface area contributed by atoms with E-state index in [-0.39, 0.29) is 6.04 Å². The molecule has 0 amide bonds. The third kappa shape index (κ3) is 3.95. The second-order valence-electron chi connectivity index (χ2n) is 4.37. The van der Waals surface area contributed by atoms with Gasteiger partial charge in [0.25, 0.3) is 0 Å². The predicted molar refractivity (Wildman–Crippen MR) is 80.1 cm³/mol. The van der Waals surface area contributed by atoms with Crippen molar-refractivity contribution in [3.8, 4) is 5.75 Å². The molecule has 2 rings (SSSR count). The van der Waals surface area contributed by atoms with Gasteiger partial charge in [-0.15, -0.1) is 0 Å². The fourth-order valence-electron chi connectivity index (χ4n) is 1.83. The molecule has 0 saturated carbocycles. The van der Waals surface area contributed by atoms with Gasteiger partial charge < -0.3 is 4.74 Å². The number of ether oxygens (including phenoxy) is 1. The molecule has 19 heavy (non-hydrogen) atoms. The van der Waals surface area contributed by atoms with E-state index in [1.54, 1.807) is 0 Å². The van der Waals surface area contributed by atoms with Crippen LogP contribution in [0.1, 0.15) is 31.0 Å². The van der Waals surface area contributed by atoms with Gasteiger partial charge in [0.2, 0.25) is 0 Å². The molecule has 98 valence electrons. The fourth-order valence-corrected chi connectivity index (χ4v) is 1.83. The molecule has 2 aromatic carbocycles. The molecule has 0 aliphatic heterocycles. The maximum Gasteiger partial charge on any atom is 0.119 e. The van der Waals surface area contributed by atoms with Crippen LogP contribution in [-0.4, -0.2) is 12.8 Å². The van der Waals surface area contributed by atoms with Gasteiger partial charge in [-0.1, -0.05) is 30.3 Å². The Morgan fingerprint density at radius 2 is 1.74 bits per heavy atom. The molecule has 0 fully saturated rings. The molecule has 2 aromatic rings. The maximum absolute atomic E-state index is 5.41. The van der Waals surface area contributed by atoms with Gasteiger partial charge in [-0.2, -0.15) is 0 Å². The number of hydrogen-bond acceptors (Lipinski definition) is 2. The predicted octanol–water partition coefficient (Wildman–Crippen LogP) is 4.27. The highest BCUT2D eigenvalue weighted by molar-refractivity contribution is 5.79. The third-order valence-electron chi connectivity index (χ3n) is 2.92. The Labute approximate surface area is 114 Å². The molecular weight excluding hydrogens is 234 g/mol. The molecule has 0 unspecified atom stereocenters. The van der Waals surface area contributed by atoms with Crippen molar-refractivity contribution in [3.05, 3.63) is 65.7 Å². The van der Waals surface area contributed by atoms with E-state index < -0.39 is 0 Å². The minimum atomic E-state index is 0.174. The summed E-state index contributed by atoms with van der Waals surface area (Å²) in [5.41, 5.74) is 2.32. The van der Waals surface area contributed by atoms with Gasteiger partial charge in [0, 0.05) is 6.21 Å². The Morgan fingerprint density at radius 3 is 2.37 bits per heavy atom. The number of rotatable bonds is 5. The lowest BCUT2D eigenvalue weighted by atomic mass is 10.1. The number of hydrogen-bond donors (Lipinski definition) is 0. The van der Waals surface area contributed by atoms with E-state index in [9.17, 15) is 0 Å². The molecule has 0 spiro atoms. The van der Waals surface area contributed by atoms with E-state index in [1.165, 1.54) is 5.56 Å². The second kappa shape index (κ2) is 6.74. The summed E-state index contributed by atoms with van der Waals surface area (Å²) in [4.78, 5) is 4.57. The molecule has 0 aliphatic rings. The van der Waals surface area contributed by atoms with Gasteiger partial charge in [0.1, 0.15) is 5.75 Å². The SMILES string of the molecule is CCOc1ccc(C=N[C@H](C)c2ccccc2)cc1. The zero-order valence-corrected chi connectivity index (χ0v) is 11.4. The zero-order chi connectivity index (χ0) is 13.5. The van der Waals surface area contributed by atoms with Crippen molar-refractivity contribution in [2.45, 2.75) is 19.9 Å². The molecule has 2 heteroatoms. The molecule has 1 atom stereocenters. The Morgan fingerprint density at radius 1 is 1.05 bits per heavy atom. The highest BCUT2D eigenvalue weighted by Gasteiger charge is 2.00. The van der Waals surface area contributed by atoms with Crippen LogP contribution in [0, 0.1) is 0 Å². The van der Waals surface area contributed by atoms with Gasteiger partial charge in [0.05, 0.1) is 12.6 Å². The summed E-state index contributed by atoms with van der Waals surface area (Å²) in [5.74, 6) is 0.899. The number of aliphatic imine (C=N–C) groups is 1. The van der Waals surface area contributed by atoms with Gasteiger partial charge in [0.15, 0.2) is 0 Å². The van der Waals surface area contributed by atoms with Crippen LogP contribution >= 0.6 is 0 Å². The van der Waals surface area contributed by atoms with Crippen molar-refractivity contribution in [2.24, 2.45) is 4.99 Å². The van der Waals surface area contributed by atoms with Gasteiger partial charge in [-0.25, -0.2) is 0 Å². The quantitative estimate of drug-likeness (QED) is 0.729. The Hall–Kier alpha value is -2.09. The average molecular weight is 253 g/mol. The largest absolute Gasteiger partial charge is 0.494 e. The van der Waals surface area contributed by atoms with Gasteiger partial charge >= 0.3 is 0 Å². The second-order valence-corrected chi connectivity index (χ2v) is 4.37. The van der Waals surface area contributed by atoms with Crippen LogP contribution in [0.5, 0.6) is 5.75 Å². The van der Waals surface area contributed by atoms with Crippen molar-refractivity contribution in [3.63, 3.8) is 0 Å². The number of benzene rings is 2. The Bertz CT molecular complexity index is 517. The molecule has 0 bridgehead atoms. The lowest BCUT2D eigenvalue weighted by molar-refractivity contribution is 0.340. The number of nitrogens with zero attached hydrogens (tertiary/aromatic N) is 1. The Balaban J connectivity index is 2.02. The first-order valence-corrected chi connectivity index (χ1v) is 6.60. The summed E-state index contributed by atoms with van der Waals surface area (Å²) in [5, 5.41) is 0. The monoisotopic (exact) mass is 253 g/mol. The van der Waals surface area contributed by atoms with Crippen LogP contribution in [0.3, 0.4) is 0 Å². The maximum atomic E-state index is 5.41. The van der Waals surface area contributed by atoms with E-state index in [2.05, 4.69) is 24.0 Å². The van der Waals surface area contributed by atoms with E-state index in [1.807, 2.05) is 55.6 Å². The molecule has 0 N–H and O–H groups in total. The van der Waals surface area contributed by atoms with Gasteiger partial charge in [-0.3, -0.25) is 4.99 Å². The van der Waals surface area contributed by atoms with Gasteiger partial charge in [-0.05, 0) is 49.2 Å². The standard InChI is InChI=1S/C17H19NO/c1-3-19-17-11-9-15(10-12-17)13-18-14(2)16-7-5-4-6-8-16/h4-14H,3H2,1-2H3/t14-/m1/s1. The highest BCUT2D eigenvalue weighted by Crippen LogP contribution is 2.16. The van der Waals surface area contributed by atoms with Crippen LogP contribution in [0.25, 0.3) is 0 Å². The normalized spacial score (nSPS) is 12.5. The van der Waals surface area contributed by atoms with Crippen LogP contribution in [0.4, 0.5) is 0 Å². The molecule has 2 nitrogen and oxygen atoms in total. The Kier molecular flexibility index (Phi) is 4.73. The fraction of sp³-hybridized carbons (Fsp3) is 0.235. The van der Waals surface area contributed by atoms with Crippen molar-refractivity contribution >= 4 is 6.21 Å². The first-order chi connectivity index (χ1) is 9.29. The first-order valence-electron chi connectivity index (χ1n) is 6.60. The summed E-state index contributed by atoms with van der Waals surface area (Å²) >= 11 is 0. The summed E-state index contributed by atoms with van der Waals surface area (Å²) in [6.45, 7) is 4.77. The molecule has 0 aliphatic carbocycles. The highest BCUT2D eigenvalue weighted by atomic mass is 16.5. The lowest BCUT2D eigenvalue weighted by Gasteiger charge is -2.06.